The summed E-state index contributed by atoms with van der Waals surface area (Å²) in [6.45, 7) is 16.7. The van der Waals surface area contributed by atoms with Crippen LogP contribution in [-0.2, 0) is 9.53 Å². The fourth-order valence-corrected chi connectivity index (χ4v) is 9.60. The van der Waals surface area contributed by atoms with Gasteiger partial charge < -0.3 is 4.74 Å². The first-order valence-electron chi connectivity index (χ1n) is 14.2. The van der Waals surface area contributed by atoms with Gasteiger partial charge in [0, 0.05) is 6.92 Å². The van der Waals surface area contributed by atoms with Crippen LogP contribution in [0, 0.1) is 58.2 Å². The molecule has 0 N–H and O–H groups in total. The van der Waals surface area contributed by atoms with Gasteiger partial charge in [-0.15, -0.1) is 0 Å². The highest BCUT2D eigenvalue weighted by molar-refractivity contribution is 5.66. The van der Waals surface area contributed by atoms with Gasteiger partial charge in [0.15, 0.2) is 0 Å². The Morgan fingerprint density at radius 1 is 0.875 bits per heavy atom. The fraction of sp³-hybridized carbons (Fsp3) is 0.967. The largest absolute Gasteiger partial charge is 0.463 e. The Balaban J connectivity index is 1.43. The maximum Gasteiger partial charge on any atom is 0.302 e. The smallest absolute Gasteiger partial charge is 0.302 e. The van der Waals surface area contributed by atoms with E-state index in [4.69, 9.17) is 4.74 Å². The lowest BCUT2D eigenvalue weighted by Crippen LogP contribution is -2.54. The van der Waals surface area contributed by atoms with Gasteiger partial charge in [-0.05, 0) is 116 Å². The average molecular weight is 445 g/mol. The number of fused-ring (bicyclic) bond motifs is 5. The maximum absolute atomic E-state index is 11.5. The zero-order valence-corrected chi connectivity index (χ0v) is 22.3. The topological polar surface area (TPSA) is 26.3 Å². The summed E-state index contributed by atoms with van der Waals surface area (Å²) in [5.74, 6) is 6.99. The minimum absolute atomic E-state index is 0.0883. The van der Waals surface area contributed by atoms with Gasteiger partial charge in [-0.2, -0.15) is 0 Å². The molecule has 32 heavy (non-hydrogen) atoms. The number of esters is 1. The van der Waals surface area contributed by atoms with Crippen LogP contribution >= 0.6 is 0 Å². The second kappa shape index (κ2) is 9.26. The highest BCUT2D eigenvalue weighted by atomic mass is 16.5. The lowest BCUT2D eigenvalue weighted by atomic mass is 9.44. The summed E-state index contributed by atoms with van der Waals surface area (Å²) in [6.07, 6.45) is 15.2. The summed E-state index contributed by atoms with van der Waals surface area (Å²) < 4.78 is 5.66. The van der Waals surface area contributed by atoms with E-state index in [1.807, 2.05) is 0 Å². The van der Waals surface area contributed by atoms with Crippen molar-refractivity contribution in [1.82, 2.24) is 0 Å². The molecule has 0 aliphatic heterocycles. The van der Waals surface area contributed by atoms with Crippen molar-refractivity contribution in [2.75, 3.05) is 0 Å². The Hall–Kier alpha value is -0.530. The molecule has 4 aliphatic rings. The normalized spacial score (nSPS) is 45.5. The lowest BCUT2D eigenvalue weighted by molar-refractivity contribution is -0.160. The number of rotatable bonds is 6. The van der Waals surface area contributed by atoms with Crippen LogP contribution in [-0.4, -0.2) is 12.1 Å². The zero-order chi connectivity index (χ0) is 23.3. The zero-order valence-electron chi connectivity index (χ0n) is 22.3. The van der Waals surface area contributed by atoms with E-state index in [0.717, 1.165) is 60.2 Å². The Labute approximate surface area is 199 Å². The second-order valence-corrected chi connectivity index (χ2v) is 13.7. The van der Waals surface area contributed by atoms with Crippen LogP contribution in [0.2, 0.25) is 0 Å². The van der Waals surface area contributed by atoms with Gasteiger partial charge in [-0.1, -0.05) is 54.4 Å². The lowest BCUT2D eigenvalue weighted by Gasteiger charge is -2.61. The summed E-state index contributed by atoms with van der Waals surface area (Å²) in [5.41, 5.74) is 1.07. The molecule has 0 saturated heterocycles. The summed E-state index contributed by atoms with van der Waals surface area (Å²) >= 11 is 0. The van der Waals surface area contributed by atoms with Crippen LogP contribution in [0.15, 0.2) is 0 Å². The van der Waals surface area contributed by atoms with Crippen molar-refractivity contribution in [2.45, 2.75) is 125 Å². The van der Waals surface area contributed by atoms with E-state index >= 15 is 0 Å². The summed E-state index contributed by atoms with van der Waals surface area (Å²) in [5, 5.41) is 0. The minimum atomic E-state index is -0.0883. The third-order valence-electron chi connectivity index (χ3n) is 11.9. The molecule has 4 rings (SSSR count). The van der Waals surface area contributed by atoms with Gasteiger partial charge in [0.1, 0.15) is 6.10 Å². The molecule has 0 amide bonds. The van der Waals surface area contributed by atoms with Crippen molar-refractivity contribution >= 4 is 5.97 Å². The maximum atomic E-state index is 11.5. The molecule has 10 atom stereocenters. The third-order valence-corrected chi connectivity index (χ3v) is 11.9. The highest BCUT2D eigenvalue weighted by Crippen LogP contribution is 2.68. The van der Waals surface area contributed by atoms with E-state index in [1.165, 1.54) is 57.8 Å². The SMILES string of the molecule is CC(=O)O[C@H]1CC[C@@]2(C)[C@@H](CC[C@@H]3[C@@H]2CC[C@]2(C)[C@@H]([C@H](C)CC[C@H](C)C(C)C)CC[C@@H]32)C1. The quantitative estimate of drug-likeness (QED) is 0.385. The van der Waals surface area contributed by atoms with E-state index in [-0.39, 0.29) is 12.1 Å². The molecule has 0 aromatic carbocycles. The monoisotopic (exact) mass is 444 g/mol. The number of hydrogen-bond donors (Lipinski definition) is 0. The number of hydrogen-bond acceptors (Lipinski definition) is 2. The highest BCUT2D eigenvalue weighted by Gasteiger charge is 2.60. The Morgan fingerprint density at radius 3 is 2.25 bits per heavy atom. The van der Waals surface area contributed by atoms with Crippen LogP contribution in [0.5, 0.6) is 0 Å². The van der Waals surface area contributed by atoms with E-state index in [1.54, 1.807) is 6.92 Å². The van der Waals surface area contributed by atoms with Gasteiger partial charge in [0.05, 0.1) is 0 Å². The van der Waals surface area contributed by atoms with E-state index in [0.29, 0.717) is 10.8 Å². The molecule has 2 heteroatoms. The summed E-state index contributed by atoms with van der Waals surface area (Å²) in [4.78, 5) is 11.5. The van der Waals surface area contributed by atoms with E-state index in [9.17, 15) is 4.79 Å². The van der Waals surface area contributed by atoms with Gasteiger partial charge in [0.2, 0.25) is 0 Å². The van der Waals surface area contributed by atoms with Crippen molar-refractivity contribution in [1.29, 1.82) is 0 Å². The second-order valence-electron chi connectivity index (χ2n) is 13.7. The molecule has 0 bridgehead atoms. The van der Waals surface area contributed by atoms with Crippen LogP contribution in [0.3, 0.4) is 0 Å². The van der Waals surface area contributed by atoms with Crippen molar-refractivity contribution in [3.05, 3.63) is 0 Å². The van der Waals surface area contributed by atoms with E-state index < -0.39 is 0 Å². The summed E-state index contributed by atoms with van der Waals surface area (Å²) in [7, 11) is 0. The Morgan fingerprint density at radius 2 is 1.56 bits per heavy atom. The molecule has 0 aromatic rings. The molecule has 2 nitrogen and oxygen atoms in total. The van der Waals surface area contributed by atoms with Crippen molar-refractivity contribution < 1.29 is 9.53 Å². The number of ether oxygens (including phenoxy) is 1. The van der Waals surface area contributed by atoms with E-state index in [2.05, 4.69) is 41.5 Å². The van der Waals surface area contributed by atoms with Gasteiger partial charge in [0.25, 0.3) is 0 Å². The first-order valence-corrected chi connectivity index (χ1v) is 14.2. The van der Waals surface area contributed by atoms with Gasteiger partial charge >= 0.3 is 5.97 Å². The number of carbonyl (C=O) groups excluding carboxylic acids is 1. The van der Waals surface area contributed by atoms with Gasteiger partial charge in [-0.3, -0.25) is 4.79 Å². The van der Waals surface area contributed by atoms with Crippen molar-refractivity contribution in [2.24, 2.45) is 58.2 Å². The molecular weight excluding hydrogens is 392 g/mol. The molecule has 4 aliphatic carbocycles. The first-order chi connectivity index (χ1) is 15.1. The minimum Gasteiger partial charge on any atom is -0.463 e. The predicted octanol–water partition coefficient (Wildman–Crippen LogP) is 8.29. The fourth-order valence-electron chi connectivity index (χ4n) is 9.60. The standard InChI is InChI=1S/C30H52O2/c1-19(2)20(3)8-9-21(4)26-12-13-27-25-11-10-23-18-24(32-22(5)31)14-16-29(23,6)28(25)15-17-30(26,27)7/h19-21,23-28H,8-18H2,1-7H3/t20-,21+,23-,24-,25-,26+,27-,28-,29-,30+/m0/s1. The molecule has 0 unspecified atom stereocenters. The summed E-state index contributed by atoms with van der Waals surface area (Å²) in [6, 6.07) is 0. The van der Waals surface area contributed by atoms with Crippen molar-refractivity contribution in [3.63, 3.8) is 0 Å². The van der Waals surface area contributed by atoms with Crippen molar-refractivity contribution in [3.8, 4) is 0 Å². The predicted molar refractivity (Wildman–Crippen MR) is 133 cm³/mol. The Kier molecular flexibility index (Phi) is 7.11. The Bertz CT molecular complexity index is 670. The molecule has 184 valence electrons. The van der Waals surface area contributed by atoms with Crippen LogP contribution in [0.1, 0.15) is 119 Å². The first kappa shape index (κ1) is 24.6. The molecule has 0 radical (unpaired) electrons. The molecule has 0 aromatic heterocycles. The third kappa shape index (κ3) is 4.31. The molecular formula is C30H52O2. The van der Waals surface area contributed by atoms with Crippen LogP contribution in [0.4, 0.5) is 0 Å². The van der Waals surface area contributed by atoms with Crippen LogP contribution < -0.4 is 0 Å². The average Bonchev–Trinajstić information content (AvgIpc) is 3.08. The molecule has 4 saturated carbocycles. The molecule has 0 spiro atoms. The number of carbonyl (C=O) groups is 1. The molecule has 0 heterocycles. The van der Waals surface area contributed by atoms with Crippen LogP contribution in [0.25, 0.3) is 0 Å². The molecule has 4 fully saturated rings. The van der Waals surface area contributed by atoms with Gasteiger partial charge in [-0.25, -0.2) is 0 Å².